The van der Waals surface area contributed by atoms with Gasteiger partial charge in [-0.1, -0.05) is 19.1 Å². The highest BCUT2D eigenvalue weighted by Crippen LogP contribution is 2.23. The standard InChI is InChI=1S/C23H30N2O2/c1-4-27-22-12-9-20(14-18(22)3)23(26)24-15-19-7-10-21(11-8-19)25-13-5-6-17(2)16-25/h7-12,14,17H,4-6,13,15-16H2,1-3H3,(H,24,26)/t17-/m0/s1. The molecule has 0 radical (unpaired) electrons. The van der Waals surface area contributed by atoms with Crippen LogP contribution in [0.5, 0.6) is 5.75 Å². The minimum atomic E-state index is -0.0601. The molecule has 1 atom stereocenters. The van der Waals surface area contributed by atoms with Crippen molar-refractivity contribution < 1.29 is 9.53 Å². The number of ether oxygens (including phenoxy) is 1. The molecule has 4 nitrogen and oxygen atoms in total. The van der Waals surface area contributed by atoms with E-state index in [9.17, 15) is 4.79 Å². The average Bonchev–Trinajstić information content (AvgIpc) is 2.68. The minimum Gasteiger partial charge on any atom is -0.494 e. The number of aryl methyl sites for hydroxylation is 1. The second kappa shape index (κ2) is 8.94. The summed E-state index contributed by atoms with van der Waals surface area (Å²) in [6.45, 7) is 9.66. The summed E-state index contributed by atoms with van der Waals surface area (Å²) in [6.07, 6.45) is 2.59. The van der Waals surface area contributed by atoms with Gasteiger partial charge in [0.2, 0.25) is 0 Å². The molecule has 1 aliphatic heterocycles. The number of hydrogen-bond donors (Lipinski definition) is 1. The van der Waals surface area contributed by atoms with E-state index in [1.807, 2.05) is 32.0 Å². The number of anilines is 1. The number of nitrogens with one attached hydrogen (secondary N) is 1. The normalized spacial score (nSPS) is 16.9. The van der Waals surface area contributed by atoms with Gasteiger partial charge in [-0.3, -0.25) is 4.79 Å². The summed E-state index contributed by atoms with van der Waals surface area (Å²) in [4.78, 5) is 14.9. The Labute approximate surface area is 162 Å². The molecular weight excluding hydrogens is 336 g/mol. The molecule has 0 aromatic heterocycles. The number of rotatable bonds is 6. The van der Waals surface area contributed by atoms with E-state index in [-0.39, 0.29) is 5.91 Å². The van der Waals surface area contributed by atoms with Crippen molar-refractivity contribution >= 4 is 11.6 Å². The molecule has 1 aliphatic rings. The summed E-state index contributed by atoms with van der Waals surface area (Å²) in [5, 5.41) is 3.01. The van der Waals surface area contributed by atoms with Gasteiger partial charge in [0.25, 0.3) is 5.91 Å². The third-order valence-electron chi connectivity index (χ3n) is 5.15. The highest BCUT2D eigenvalue weighted by atomic mass is 16.5. The highest BCUT2D eigenvalue weighted by Gasteiger charge is 2.16. The van der Waals surface area contributed by atoms with E-state index in [2.05, 4.69) is 41.4 Å². The van der Waals surface area contributed by atoms with Gasteiger partial charge in [0.1, 0.15) is 5.75 Å². The van der Waals surface area contributed by atoms with Crippen molar-refractivity contribution in [1.29, 1.82) is 0 Å². The van der Waals surface area contributed by atoms with Gasteiger partial charge in [-0.25, -0.2) is 0 Å². The highest BCUT2D eigenvalue weighted by molar-refractivity contribution is 5.94. The molecular formula is C23H30N2O2. The number of amides is 1. The van der Waals surface area contributed by atoms with Gasteiger partial charge in [0.15, 0.2) is 0 Å². The van der Waals surface area contributed by atoms with E-state index >= 15 is 0 Å². The maximum absolute atomic E-state index is 12.4. The molecule has 4 heteroatoms. The van der Waals surface area contributed by atoms with Crippen LogP contribution in [0.2, 0.25) is 0 Å². The van der Waals surface area contributed by atoms with Crippen molar-refractivity contribution in [1.82, 2.24) is 5.32 Å². The van der Waals surface area contributed by atoms with Crippen LogP contribution in [-0.2, 0) is 6.54 Å². The summed E-state index contributed by atoms with van der Waals surface area (Å²) in [7, 11) is 0. The number of hydrogen-bond acceptors (Lipinski definition) is 3. The molecule has 0 spiro atoms. The second-order valence-electron chi connectivity index (χ2n) is 7.46. The lowest BCUT2D eigenvalue weighted by molar-refractivity contribution is 0.0951. The molecule has 0 unspecified atom stereocenters. The maximum atomic E-state index is 12.4. The van der Waals surface area contributed by atoms with Crippen molar-refractivity contribution in [2.24, 2.45) is 5.92 Å². The second-order valence-corrected chi connectivity index (χ2v) is 7.46. The number of benzene rings is 2. The lowest BCUT2D eigenvalue weighted by Crippen LogP contribution is -2.34. The van der Waals surface area contributed by atoms with Crippen LogP contribution in [-0.4, -0.2) is 25.6 Å². The predicted octanol–water partition coefficient (Wildman–Crippen LogP) is 4.56. The largest absolute Gasteiger partial charge is 0.494 e. The van der Waals surface area contributed by atoms with Crippen LogP contribution < -0.4 is 15.0 Å². The van der Waals surface area contributed by atoms with Crippen molar-refractivity contribution in [3.63, 3.8) is 0 Å². The third kappa shape index (κ3) is 5.03. The predicted molar refractivity (Wildman–Crippen MR) is 111 cm³/mol. The van der Waals surface area contributed by atoms with Gasteiger partial charge in [-0.2, -0.15) is 0 Å². The Hall–Kier alpha value is -2.49. The number of piperidine rings is 1. The Morgan fingerprint density at radius 1 is 1.22 bits per heavy atom. The molecule has 27 heavy (non-hydrogen) atoms. The first-order chi connectivity index (χ1) is 13.1. The molecule has 2 aromatic carbocycles. The van der Waals surface area contributed by atoms with Crippen molar-refractivity contribution in [3.8, 4) is 5.75 Å². The maximum Gasteiger partial charge on any atom is 0.251 e. The summed E-state index contributed by atoms with van der Waals surface area (Å²) in [5.74, 6) is 1.53. The van der Waals surface area contributed by atoms with Gasteiger partial charge >= 0.3 is 0 Å². The lowest BCUT2D eigenvalue weighted by atomic mass is 9.99. The zero-order valence-corrected chi connectivity index (χ0v) is 16.6. The Morgan fingerprint density at radius 2 is 2.00 bits per heavy atom. The molecule has 1 heterocycles. The Kier molecular flexibility index (Phi) is 6.38. The SMILES string of the molecule is CCOc1ccc(C(=O)NCc2ccc(N3CCC[C@H](C)C3)cc2)cc1C. The molecule has 0 aliphatic carbocycles. The Morgan fingerprint density at radius 3 is 2.67 bits per heavy atom. The fourth-order valence-electron chi connectivity index (χ4n) is 3.64. The van der Waals surface area contributed by atoms with Gasteiger partial charge in [-0.15, -0.1) is 0 Å². The zero-order chi connectivity index (χ0) is 19.2. The van der Waals surface area contributed by atoms with Gasteiger partial charge in [0, 0.05) is 30.9 Å². The summed E-state index contributed by atoms with van der Waals surface area (Å²) in [5.41, 5.74) is 4.03. The van der Waals surface area contributed by atoms with E-state index in [1.54, 1.807) is 0 Å². The van der Waals surface area contributed by atoms with Crippen LogP contribution in [0.1, 0.15) is 48.2 Å². The van der Waals surface area contributed by atoms with Gasteiger partial charge < -0.3 is 15.0 Å². The fourth-order valence-corrected chi connectivity index (χ4v) is 3.64. The van der Waals surface area contributed by atoms with E-state index in [1.165, 1.54) is 18.5 Å². The van der Waals surface area contributed by atoms with Crippen LogP contribution >= 0.6 is 0 Å². The monoisotopic (exact) mass is 366 g/mol. The third-order valence-corrected chi connectivity index (χ3v) is 5.15. The van der Waals surface area contributed by atoms with Crippen molar-refractivity contribution in [2.75, 3.05) is 24.6 Å². The topological polar surface area (TPSA) is 41.6 Å². The minimum absolute atomic E-state index is 0.0601. The summed E-state index contributed by atoms with van der Waals surface area (Å²) < 4.78 is 5.53. The summed E-state index contributed by atoms with van der Waals surface area (Å²) >= 11 is 0. The van der Waals surface area contributed by atoms with Crippen molar-refractivity contribution in [3.05, 3.63) is 59.2 Å². The molecule has 3 rings (SSSR count). The van der Waals surface area contributed by atoms with E-state index in [0.717, 1.165) is 35.9 Å². The zero-order valence-electron chi connectivity index (χ0n) is 16.6. The fraction of sp³-hybridized carbons (Fsp3) is 0.435. The van der Waals surface area contributed by atoms with E-state index < -0.39 is 0 Å². The number of carbonyl (C=O) groups is 1. The Bertz CT molecular complexity index is 770. The van der Waals surface area contributed by atoms with Gasteiger partial charge in [-0.05, 0) is 74.1 Å². The van der Waals surface area contributed by atoms with Crippen LogP contribution in [0.3, 0.4) is 0 Å². The number of nitrogens with zero attached hydrogens (tertiary/aromatic N) is 1. The van der Waals surface area contributed by atoms with Crippen LogP contribution in [0.4, 0.5) is 5.69 Å². The van der Waals surface area contributed by atoms with Crippen LogP contribution in [0, 0.1) is 12.8 Å². The van der Waals surface area contributed by atoms with E-state index in [0.29, 0.717) is 18.7 Å². The molecule has 0 saturated carbocycles. The van der Waals surface area contributed by atoms with Gasteiger partial charge in [0.05, 0.1) is 6.61 Å². The van der Waals surface area contributed by atoms with Crippen molar-refractivity contribution in [2.45, 2.75) is 40.2 Å². The first-order valence-corrected chi connectivity index (χ1v) is 9.92. The van der Waals surface area contributed by atoms with Crippen LogP contribution in [0.25, 0.3) is 0 Å². The summed E-state index contributed by atoms with van der Waals surface area (Å²) in [6, 6.07) is 14.1. The molecule has 1 fully saturated rings. The smallest absolute Gasteiger partial charge is 0.251 e. The molecule has 1 saturated heterocycles. The van der Waals surface area contributed by atoms with E-state index in [4.69, 9.17) is 4.74 Å². The lowest BCUT2D eigenvalue weighted by Gasteiger charge is -2.32. The molecule has 144 valence electrons. The quantitative estimate of drug-likeness (QED) is 0.815. The molecule has 1 N–H and O–H groups in total. The first kappa shape index (κ1) is 19.3. The molecule has 0 bridgehead atoms. The molecule has 2 aromatic rings. The molecule has 1 amide bonds. The first-order valence-electron chi connectivity index (χ1n) is 9.92. The van der Waals surface area contributed by atoms with Crippen LogP contribution in [0.15, 0.2) is 42.5 Å². The number of carbonyl (C=O) groups excluding carboxylic acids is 1. The Balaban J connectivity index is 1.56. The average molecular weight is 367 g/mol.